The van der Waals surface area contributed by atoms with E-state index in [1.165, 1.54) is 10.9 Å². The van der Waals surface area contributed by atoms with E-state index in [-0.39, 0.29) is 11.6 Å². The Kier molecular flexibility index (Phi) is 3.56. The zero-order valence-corrected chi connectivity index (χ0v) is 9.74. The van der Waals surface area contributed by atoms with Gasteiger partial charge in [0.05, 0.1) is 12.7 Å². The largest absolute Gasteiger partial charge is 0.480 e. The van der Waals surface area contributed by atoms with Gasteiger partial charge in [-0.15, -0.1) is 5.10 Å². The number of carboxylic acid groups (broad SMARTS) is 1. The SMILES string of the molecule is NCCn1cc(C(=O)NC(C(=O)O)C2CC2)nn1. The average Bonchev–Trinajstić information content (AvgIpc) is 3.05. The third-order valence-electron chi connectivity index (χ3n) is 2.78. The van der Waals surface area contributed by atoms with Gasteiger partial charge in [0, 0.05) is 6.54 Å². The third kappa shape index (κ3) is 2.83. The Morgan fingerprint density at radius 2 is 2.33 bits per heavy atom. The number of carbonyl (C=O) groups is 2. The smallest absolute Gasteiger partial charge is 0.326 e. The molecule has 18 heavy (non-hydrogen) atoms. The van der Waals surface area contributed by atoms with Gasteiger partial charge in [0.25, 0.3) is 5.91 Å². The van der Waals surface area contributed by atoms with Crippen LogP contribution in [0.2, 0.25) is 0 Å². The number of nitrogens with two attached hydrogens (primary N) is 1. The molecule has 1 aliphatic carbocycles. The molecule has 1 aliphatic rings. The maximum Gasteiger partial charge on any atom is 0.326 e. The maximum absolute atomic E-state index is 11.8. The van der Waals surface area contributed by atoms with Crippen LogP contribution in [0.4, 0.5) is 0 Å². The van der Waals surface area contributed by atoms with E-state index in [0.29, 0.717) is 13.1 Å². The Balaban J connectivity index is 1.99. The number of amides is 1. The number of aliphatic carboxylic acids is 1. The van der Waals surface area contributed by atoms with E-state index >= 15 is 0 Å². The van der Waals surface area contributed by atoms with Gasteiger partial charge in [0.2, 0.25) is 0 Å². The summed E-state index contributed by atoms with van der Waals surface area (Å²) in [5.74, 6) is -1.50. The van der Waals surface area contributed by atoms with Crippen LogP contribution in [0.5, 0.6) is 0 Å². The fraction of sp³-hybridized carbons (Fsp3) is 0.600. The molecule has 8 nitrogen and oxygen atoms in total. The van der Waals surface area contributed by atoms with E-state index in [1.54, 1.807) is 0 Å². The second-order valence-corrected chi connectivity index (χ2v) is 4.28. The van der Waals surface area contributed by atoms with Crippen molar-refractivity contribution in [1.29, 1.82) is 0 Å². The normalized spacial score (nSPS) is 16.3. The molecular formula is C10H15N5O3. The van der Waals surface area contributed by atoms with Gasteiger partial charge in [-0.2, -0.15) is 0 Å². The van der Waals surface area contributed by atoms with E-state index in [4.69, 9.17) is 10.8 Å². The highest BCUT2D eigenvalue weighted by molar-refractivity contribution is 5.94. The summed E-state index contributed by atoms with van der Waals surface area (Å²) >= 11 is 0. The van der Waals surface area contributed by atoms with E-state index in [0.717, 1.165) is 12.8 Å². The van der Waals surface area contributed by atoms with Gasteiger partial charge in [-0.25, -0.2) is 4.79 Å². The van der Waals surface area contributed by atoms with Crippen LogP contribution in [0.1, 0.15) is 23.3 Å². The Bertz CT molecular complexity index is 454. The van der Waals surface area contributed by atoms with E-state index < -0.39 is 17.9 Å². The highest BCUT2D eigenvalue weighted by atomic mass is 16.4. The van der Waals surface area contributed by atoms with Gasteiger partial charge >= 0.3 is 5.97 Å². The summed E-state index contributed by atoms with van der Waals surface area (Å²) in [5, 5.41) is 18.9. The molecule has 1 aromatic heterocycles. The van der Waals surface area contributed by atoms with Crippen molar-refractivity contribution in [2.24, 2.45) is 11.7 Å². The number of rotatable bonds is 6. The lowest BCUT2D eigenvalue weighted by molar-refractivity contribution is -0.139. The Morgan fingerprint density at radius 1 is 1.61 bits per heavy atom. The zero-order valence-electron chi connectivity index (χ0n) is 9.74. The first-order chi connectivity index (χ1) is 8.61. The van der Waals surface area contributed by atoms with Crippen LogP contribution in [-0.2, 0) is 11.3 Å². The van der Waals surface area contributed by atoms with Gasteiger partial charge < -0.3 is 16.2 Å². The van der Waals surface area contributed by atoms with Crippen LogP contribution in [0.25, 0.3) is 0 Å². The highest BCUT2D eigenvalue weighted by Gasteiger charge is 2.37. The molecule has 0 radical (unpaired) electrons. The molecule has 0 bridgehead atoms. The molecule has 2 rings (SSSR count). The summed E-state index contributed by atoms with van der Waals surface area (Å²) in [6.07, 6.45) is 3.11. The molecule has 0 aromatic carbocycles. The summed E-state index contributed by atoms with van der Waals surface area (Å²) in [6, 6.07) is -0.836. The number of nitrogens with one attached hydrogen (secondary N) is 1. The molecule has 1 heterocycles. The first-order valence-electron chi connectivity index (χ1n) is 5.75. The van der Waals surface area contributed by atoms with Crippen molar-refractivity contribution in [2.45, 2.75) is 25.4 Å². The standard InChI is InChI=1S/C10H15N5O3/c11-3-4-15-5-7(13-14-15)9(16)12-8(10(17)18)6-1-2-6/h5-6,8H,1-4,11H2,(H,12,16)(H,17,18). The molecule has 1 fully saturated rings. The molecule has 0 aliphatic heterocycles. The van der Waals surface area contributed by atoms with E-state index in [9.17, 15) is 9.59 Å². The summed E-state index contributed by atoms with van der Waals surface area (Å²) < 4.78 is 1.45. The molecule has 1 atom stereocenters. The minimum absolute atomic E-state index is 0.0329. The van der Waals surface area contributed by atoms with E-state index in [1.807, 2.05) is 0 Å². The van der Waals surface area contributed by atoms with Crippen molar-refractivity contribution in [1.82, 2.24) is 20.3 Å². The maximum atomic E-state index is 11.8. The van der Waals surface area contributed by atoms with Crippen LogP contribution in [0.3, 0.4) is 0 Å². The van der Waals surface area contributed by atoms with Crippen molar-refractivity contribution in [3.63, 3.8) is 0 Å². The predicted molar refractivity (Wildman–Crippen MR) is 60.7 cm³/mol. The molecule has 4 N–H and O–H groups in total. The summed E-state index contributed by atoms with van der Waals surface area (Å²) in [6.45, 7) is 0.857. The molecular weight excluding hydrogens is 238 g/mol. The quantitative estimate of drug-likeness (QED) is 0.587. The Hall–Kier alpha value is -1.96. The van der Waals surface area contributed by atoms with Crippen LogP contribution >= 0.6 is 0 Å². The van der Waals surface area contributed by atoms with Crippen molar-refractivity contribution in [3.05, 3.63) is 11.9 Å². The second-order valence-electron chi connectivity index (χ2n) is 4.28. The molecule has 1 unspecified atom stereocenters. The molecule has 1 aromatic rings. The van der Waals surface area contributed by atoms with Crippen LogP contribution in [0.15, 0.2) is 6.20 Å². The highest BCUT2D eigenvalue weighted by Crippen LogP contribution is 2.32. The van der Waals surface area contributed by atoms with Crippen molar-refractivity contribution in [3.8, 4) is 0 Å². The van der Waals surface area contributed by atoms with Gasteiger partial charge in [0.1, 0.15) is 6.04 Å². The van der Waals surface area contributed by atoms with Gasteiger partial charge in [-0.3, -0.25) is 9.48 Å². The molecule has 98 valence electrons. The van der Waals surface area contributed by atoms with Gasteiger partial charge in [0.15, 0.2) is 5.69 Å². The Labute approximate surface area is 103 Å². The lowest BCUT2D eigenvalue weighted by atomic mass is 10.2. The first-order valence-corrected chi connectivity index (χ1v) is 5.75. The van der Waals surface area contributed by atoms with E-state index in [2.05, 4.69) is 15.6 Å². The number of hydrogen-bond acceptors (Lipinski definition) is 5. The summed E-state index contributed by atoms with van der Waals surface area (Å²) in [7, 11) is 0. The summed E-state index contributed by atoms with van der Waals surface area (Å²) in [5.41, 5.74) is 5.45. The van der Waals surface area contributed by atoms with Crippen molar-refractivity contribution in [2.75, 3.05) is 6.54 Å². The number of carbonyl (C=O) groups excluding carboxylic acids is 1. The predicted octanol–water partition coefficient (Wildman–Crippen LogP) is -1.17. The average molecular weight is 253 g/mol. The first kappa shape index (κ1) is 12.5. The minimum Gasteiger partial charge on any atom is -0.480 e. The van der Waals surface area contributed by atoms with Gasteiger partial charge in [-0.05, 0) is 18.8 Å². The zero-order chi connectivity index (χ0) is 13.1. The molecule has 8 heteroatoms. The van der Waals surface area contributed by atoms with Crippen LogP contribution in [0, 0.1) is 5.92 Å². The number of carboxylic acids is 1. The molecule has 1 saturated carbocycles. The number of aromatic nitrogens is 3. The second kappa shape index (κ2) is 5.13. The minimum atomic E-state index is -1.01. The molecule has 0 spiro atoms. The lowest BCUT2D eigenvalue weighted by Gasteiger charge is -2.11. The topological polar surface area (TPSA) is 123 Å². The fourth-order valence-electron chi connectivity index (χ4n) is 1.67. The lowest BCUT2D eigenvalue weighted by Crippen LogP contribution is -2.42. The Morgan fingerprint density at radius 3 is 2.89 bits per heavy atom. The van der Waals surface area contributed by atoms with Gasteiger partial charge in [-0.1, -0.05) is 5.21 Å². The molecule has 0 saturated heterocycles. The molecule has 1 amide bonds. The monoisotopic (exact) mass is 253 g/mol. The van der Waals surface area contributed by atoms with Crippen LogP contribution < -0.4 is 11.1 Å². The number of nitrogens with zero attached hydrogens (tertiary/aromatic N) is 3. The van der Waals surface area contributed by atoms with Crippen LogP contribution in [-0.4, -0.2) is 44.6 Å². The summed E-state index contributed by atoms with van der Waals surface area (Å²) in [4.78, 5) is 22.8. The fourth-order valence-corrected chi connectivity index (χ4v) is 1.67. The van der Waals surface area contributed by atoms with Crippen molar-refractivity contribution >= 4 is 11.9 Å². The number of hydrogen-bond donors (Lipinski definition) is 3. The third-order valence-corrected chi connectivity index (χ3v) is 2.78. The van der Waals surface area contributed by atoms with Crippen molar-refractivity contribution < 1.29 is 14.7 Å².